The Hall–Kier alpha value is -1.55. The number of aliphatic carboxylic acids is 1. The van der Waals surface area contributed by atoms with E-state index in [-0.39, 0.29) is 5.91 Å². The molecule has 2 unspecified atom stereocenters. The fourth-order valence-electron chi connectivity index (χ4n) is 1.92. The Kier molecular flexibility index (Phi) is 6.02. The van der Waals surface area contributed by atoms with Gasteiger partial charge in [0.15, 0.2) is 0 Å². The number of hydrogen-bond acceptors (Lipinski definition) is 2. The minimum absolute atomic E-state index is 0.151. The van der Waals surface area contributed by atoms with Gasteiger partial charge in [0.25, 0.3) is 0 Å². The molecule has 1 rings (SSSR count). The number of carboxylic acids is 1. The second-order valence-electron chi connectivity index (χ2n) is 4.90. The molecule has 2 atom stereocenters. The van der Waals surface area contributed by atoms with Gasteiger partial charge in [0, 0.05) is 24.0 Å². The number of carbonyl (C=O) groups excluding carboxylic acids is 1. The Bertz CT molecular complexity index is 490. The monoisotopic (exact) mass is 297 g/mol. The van der Waals surface area contributed by atoms with Gasteiger partial charge in [-0.15, -0.1) is 0 Å². The van der Waals surface area contributed by atoms with Crippen LogP contribution in [0.2, 0.25) is 5.02 Å². The second kappa shape index (κ2) is 7.29. The molecule has 0 aliphatic rings. The molecular formula is C15H20ClNO3. The maximum absolute atomic E-state index is 12.3. The number of amides is 1. The standard InChI is InChI=1S/C15H20ClNO3/c1-4-17(9-12-6-5-7-13(16)8-12)14(18)10(2)11(3)15(19)20/h5-8,10-11H,4,9H2,1-3H3,(H,19,20). The summed E-state index contributed by atoms with van der Waals surface area (Å²) in [6.07, 6.45) is 0. The molecule has 0 aliphatic carbocycles. The number of nitrogens with zero attached hydrogens (tertiary/aromatic N) is 1. The Labute approximate surface area is 124 Å². The van der Waals surface area contributed by atoms with Crippen molar-refractivity contribution in [2.24, 2.45) is 11.8 Å². The van der Waals surface area contributed by atoms with Gasteiger partial charge >= 0.3 is 5.97 Å². The highest BCUT2D eigenvalue weighted by Gasteiger charge is 2.28. The van der Waals surface area contributed by atoms with E-state index in [0.29, 0.717) is 18.1 Å². The zero-order chi connectivity index (χ0) is 15.3. The number of rotatable bonds is 6. The van der Waals surface area contributed by atoms with Crippen molar-refractivity contribution < 1.29 is 14.7 Å². The topological polar surface area (TPSA) is 57.6 Å². The van der Waals surface area contributed by atoms with Crippen LogP contribution >= 0.6 is 11.6 Å². The van der Waals surface area contributed by atoms with Crippen molar-refractivity contribution in [2.45, 2.75) is 27.3 Å². The zero-order valence-electron chi connectivity index (χ0n) is 12.0. The molecule has 1 N–H and O–H groups in total. The predicted molar refractivity (Wildman–Crippen MR) is 78.5 cm³/mol. The average molecular weight is 298 g/mol. The smallest absolute Gasteiger partial charge is 0.307 e. The van der Waals surface area contributed by atoms with Crippen LogP contribution in [-0.4, -0.2) is 28.4 Å². The highest BCUT2D eigenvalue weighted by molar-refractivity contribution is 6.30. The molecule has 0 bridgehead atoms. The van der Waals surface area contributed by atoms with Crippen LogP contribution in [0.4, 0.5) is 0 Å². The first kappa shape index (κ1) is 16.5. The third-order valence-electron chi connectivity index (χ3n) is 3.48. The number of carboxylic acid groups (broad SMARTS) is 1. The zero-order valence-corrected chi connectivity index (χ0v) is 12.7. The molecular weight excluding hydrogens is 278 g/mol. The first-order chi connectivity index (χ1) is 9.36. The van der Waals surface area contributed by atoms with Gasteiger partial charge in [0.05, 0.1) is 5.92 Å². The lowest BCUT2D eigenvalue weighted by molar-refractivity contribution is -0.149. The largest absolute Gasteiger partial charge is 0.481 e. The molecule has 4 nitrogen and oxygen atoms in total. The van der Waals surface area contributed by atoms with Crippen LogP contribution in [0, 0.1) is 11.8 Å². The van der Waals surface area contributed by atoms with Crippen LogP contribution in [0.3, 0.4) is 0 Å². The minimum atomic E-state index is -0.954. The molecule has 1 aromatic rings. The van der Waals surface area contributed by atoms with Crippen molar-refractivity contribution >= 4 is 23.5 Å². The van der Waals surface area contributed by atoms with E-state index in [1.54, 1.807) is 24.8 Å². The summed E-state index contributed by atoms with van der Waals surface area (Å²) in [6, 6.07) is 7.31. The van der Waals surface area contributed by atoms with Crippen molar-refractivity contribution in [3.05, 3.63) is 34.9 Å². The summed E-state index contributed by atoms with van der Waals surface area (Å²) in [5, 5.41) is 9.62. The molecule has 20 heavy (non-hydrogen) atoms. The van der Waals surface area contributed by atoms with Crippen molar-refractivity contribution in [3.8, 4) is 0 Å². The quantitative estimate of drug-likeness (QED) is 0.878. The molecule has 0 saturated carbocycles. The molecule has 0 heterocycles. The molecule has 110 valence electrons. The van der Waals surface area contributed by atoms with Gasteiger partial charge in [0.2, 0.25) is 5.91 Å². The summed E-state index contributed by atoms with van der Waals surface area (Å²) in [7, 11) is 0. The van der Waals surface area contributed by atoms with Crippen LogP contribution in [0.25, 0.3) is 0 Å². The maximum Gasteiger partial charge on any atom is 0.307 e. The molecule has 0 radical (unpaired) electrons. The fourth-order valence-corrected chi connectivity index (χ4v) is 2.13. The van der Waals surface area contributed by atoms with Crippen molar-refractivity contribution in [2.75, 3.05) is 6.54 Å². The van der Waals surface area contributed by atoms with Crippen molar-refractivity contribution in [3.63, 3.8) is 0 Å². The van der Waals surface area contributed by atoms with Crippen molar-refractivity contribution in [1.82, 2.24) is 4.90 Å². The van der Waals surface area contributed by atoms with Crippen LogP contribution in [0.1, 0.15) is 26.3 Å². The molecule has 0 saturated heterocycles. The molecule has 0 spiro atoms. The van der Waals surface area contributed by atoms with E-state index in [0.717, 1.165) is 5.56 Å². The first-order valence-corrected chi connectivity index (χ1v) is 7.00. The number of hydrogen-bond donors (Lipinski definition) is 1. The number of carbonyl (C=O) groups is 2. The summed E-state index contributed by atoms with van der Waals surface area (Å²) < 4.78 is 0. The molecule has 0 fully saturated rings. The molecule has 1 aromatic carbocycles. The summed E-state index contributed by atoms with van der Waals surface area (Å²) in [5.41, 5.74) is 0.933. The molecule has 1 amide bonds. The van der Waals surface area contributed by atoms with E-state index in [4.69, 9.17) is 16.7 Å². The lowest BCUT2D eigenvalue weighted by Gasteiger charge is -2.26. The number of benzene rings is 1. The fraction of sp³-hybridized carbons (Fsp3) is 0.467. The Morgan fingerprint density at radius 3 is 2.45 bits per heavy atom. The van der Waals surface area contributed by atoms with Gasteiger partial charge in [-0.05, 0) is 24.6 Å². The minimum Gasteiger partial charge on any atom is -0.481 e. The maximum atomic E-state index is 12.3. The van der Waals surface area contributed by atoms with E-state index in [2.05, 4.69) is 0 Å². The van der Waals surface area contributed by atoms with E-state index in [1.807, 2.05) is 25.1 Å². The van der Waals surface area contributed by atoms with Crippen molar-refractivity contribution in [1.29, 1.82) is 0 Å². The summed E-state index contributed by atoms with van der Waals surface area (Å²) in [5.74, 6) is -2.35. The van der Waals surface area contributed by atoms with Gasteiger partial charge in [-0.2, -0.15) is 0 Å². The third-order valence-corrected chi connectivity index (χ3v) is 3.72. The van der Waals surface area contributed by atoms with Gasteiger partial charge in [-0.1, -0.05) is 37.6 Å². The Morgan fingerprint density at radius 1 is 1.30 bits per heavy atom. The third kappa shape index (κ3) is 4.23. The SMILES string of the molecule is CCN(Cc1cccc(Cl)c1)C(=O)C(C)C(C)C(=O)O. The average Bonchev–Trinajstić information content (AvgIpc) is 2.42. The number of halogens is 1. The normalized spacial score (nSPS) is 13.6. The van der Waals surface area contributed by atoms with Crippen LogP contribution < -0.4 is 0 Å². The van der Waals surface area contributed by atoms with Gasteiger partial charge in [-0.3, -0.25) is 9.59 Å². The second-order valence-corrected chi connectivity index (χ2v) is 5.33. The Morgan fingerprint density at radius 2 is 1.95 bits per heavy atom. The molecule has 0 aromatic heterocycles. The van der Waals surface area contributed by atoms with Crippen LogP contribution in [0.5, 0.6) is 0 Å². The lowest BCUT2D eigenvalue weighted by atomic mass is 9.94. The van der Waals surface area contributed by atoms with E-state index in [1.165, 1.54) is 0 Å². The van der Waals surface area contributed by atoms with Gasteiger partial charge < -0.3 is 10.0 Å². The summed E-state index contributed by atoms with van der Waals surface area (Å²) in [6.45, 7) is 6.05. The van der Waals surface area contributed by atoms with E-state index in [9.17, 15) is 9.59 Å². The predicted octanol–water partition coefficient (Wildman–Crippen LogP) is 3.05. The lowest BCUT2D eigenvalue weighted by Crippen LogP contribution is -2.38. The summed E-state index contributed by atoms with van der Waals surface area (Å²) >= 11 is 5.92. The van der Waals surface area contributed by atoms with Gasteiger partial charge in [-0.25, -0.2) is 0 Å². The van der Waals surface area contributed by atoms with Gasteiger partial charge in [0.1, 0.15) is 0 Å². The summed E-state index contributed by atoms with van der Waals surface area (Å²) in [4.78, 5) is 25.0. The highest BCUT2D eigenvalue weighted by Crippen LogP contribution is 2.18. The van der Waals surface area contributed by atoms with Crippen LogP contribution in [-0.2, 0) is 16.1 Å². The molecule has 5 heteroatoms. The van der Waals surface area contributed by atoms with E-state index < -0.39 is 17.8 Å². The first-order valence-electron chi connectivity index (χ1n) is 6.62. The highest BCUT2D eigenvalue weighted by atomic mass is 35.5. The molecule has 0 aliphatic heterocycles. The van der Waals surface area contributed by atoms with E-state index >= 15 is 0 Å². The Balaban J connectivity index is 2.80. The van der Waals surface area contributed by atoms with Crippen LogP contribution in [0.15, 0.2) is 24.3 Å².